The SMILES string of the molecule is N#C/C(=C/NCc1ccc(C(=O)O)cc1)C(=O)NCCN1CCNCC1. The van der Waals surface area contributed by atoms with Crippen molar-refractivity contribution in [2.45, 2.75) is 6.54 Å². The lowest BCUT2D eigenvalue weighted by Crippen LogP contribution is -2.46. The van der Waals surface area contributed by atoms with Crippen LogP contribution in [-0.4, -0.2) is 61.2 Å². The van der Waals surface area contributed by atoms with Gasteiger partial charge in [0.05, 0.1) is 5.56 Å². The third-order valence-corrected chi connectivity index (χ3v) is 4.04. The highest BCUT2D eigenvalue weighted by atomic mass is 16.4. The highest BCUT2D eigenvalue weighted by molar-refractivity contribution is 5.97. The number of carboxylic acids is 1. The van der Waals surface area contributed by atoms with E-state index in [1.165, 1.54) is 18.3 Å². The molecule has 1 aromatic rings. The largest absolute Gasteiger partial charge is 0.478 e. The van der Waals surface area contributed by atoms with E-state index in [2.05, 4.69) is 20.9 Å². The van der Waals surface area contributed by atoms with Gasteiger partial charge in [-0.1, -0.05) is 12.1 Å². The average Bonchev–Trinajstić information content (AvgIpc) is 2.66. The van der Waals surface area contributed by atoms with Crippen LogP contribution in [0.2, 0.25) is 0 Å². The van der Waals surface area contributed by atoms with Gasteiger partial charge >= 0.3 is 5.97 Å². The molecule has 1 aliphatic rings. The molecule has 1 amide bonds. The van der Waals surface area contributed by atoms with E-state index >= 15 is 0 Å². The fourth-order valence-corrected chi connectivity index (χ4v) is 2.54. The number of carbonyl (C=O) groups is 2. The molecule has 0 aliphatic carbocycles. The number of benzene rings is 1. The Labute approximate surface area is 152 Å². The molecule has 1 heterocycles. The molecule has 0 aromatic heterocycles. The third kappa shape index (κ3) is 6.20. The molecule has 0 radical (unpaired) electrons. The Morgan fingerprint density at radius 1 is 1.27 bits per heavy atom. The lowest BCUT2D eigenvalue weighted by Gasteiger charge is -2.27. The predicted octanol–water partition coefficient (Wildman–Crippen LogP) is -0.0967. The zero-order valence-electron chi connectivity index (χ0n) is 14.5. The van der Waals surface area contributed by atoms with Gasteiger partial charge in [0.15, 0.2) is 0 Å². The number of nitrogens with one attached hydrogen (secondary N) is 3. The molecule has 0 atom stereocenters. The topological polar surface area (TPSA) is 117 Å². The van der Waals surface area contributed by atoms with E-state index in [1.807, 2.05) is 6.07 Å². The zero-order chi connectivity index (χ0) is 18.8. The number of hydrogen-bond donors (Lipinski definition) is 4. The third-order valence-electron chi connectivity index (χ3n) is 4.04. The van der Waals surface area contributed by atoms with E-state index in [4.69, 9.17) is 10.4 Å². The average molecular weight is 357 g/mol. The number of carbonyl (C=O) groups excluding carboxylic acids is 1. The maximum Gasteiger partial charge on any atom is 0.335 e. The predicted molar refractivity (Wildman–Crippen MR) is 96.3 cm³/mol. The molecule has 0 spiro atoms. The maximum atomic E-state index is 12.0. The summed E-state index contributed by atoms with van der Waals surface area (Å²) < 4.78 is 0. The van der Waals surface area contributed by atoms with Crippen LogP contribution in [0.5, 0.6) is 0 Å². The van der Waals surface area contributed by atoms with Crippen LogP contribution in [0.25, 0.3) is 0 Å². The number of rotatable bonds is 8. The van der Waals surface area contributed by atoms with Crippen LogP contribution in [0.1, 0.15) is 15.9 Å². The Bertz CT molecular complexity index is 688. The number of nitrogens with zero attached hydrogens (tertiary/aromatic N) is 2. The lowest BCUT2D eigenvalue weighted by molar-refractivity contribution is -0.117. The minimum absolute atomic E-state index is 0.00691. The summed E-state index contributed by atoms with van der Waals surface area (Å²) in [5, 5.41) is 26.9. The minimum Gasteiger partial charge on any atom is -0.478 e. The number of carboxylic acid groups (broad SMARTS) is 1. The summed E-state index contributed by atoms with van der Waals surface area (Å²) in [5.74, 6) is -1.38. The summed E-state index contributed by atoms with van der Waals surface area (Å²) in [6, 6.07) is 8.28. The highest BCUT2D eigenvalue weighted by Crippen LogP contribution is 2.04. The Morgan fingerprint density at radius 2 is 1.96 bits per heavy atom. The van der Waals surface area contributed by atoms with Crippen molar-refractivity contribution in [2.24, 2.45) is 0 Å². The van der Waals surface area contributed by atoms with E-state index < -0.39 is 11.9 Å². The van der Waals surface area contributed by atoms with Crippen molar-refractivity contribution < 1.29 is 14.7 Å². The molecule has 0 bridgehead atoms. The van der Waals surface area contributed by atoms with Gasteiger partial charge in [-0.25, -0.2) is 4.79 Å². The standard InChI is InChI=1S/C18H23N5O3/c19-11-16(17(24)22-7-10-23-8-5-20-6-9-23)13-21-12-14-1-3-15(4-2-14)18(25)26/h1-4,13,20-21H,5-10,12H2,(H,22,24)(H,25,26)/b16-13-. The second kappa shape index (κ2) is 10.2. The van der Waals surface area contributed by atoms with Crippen molar-refractivity contribution >= 4 is 11.9 Å². The first-order valence-corrected chi connectivity index (χ1v) is 8.47. The molecule has 2 rings (SSSR count). The van der Waals surface area contributed by atoms with Gasteiger partial charge in [0.1, 0.15) is 11.6 Å². The summed E-state index contributed by atoms with van der Waals surface area (Å²) in [6.07, 6.45) is 1.38. The molecule has 0 unspecified atom stereocenters. The van der Waals surface area contributed by atoms with E-state index in [1.54, 1.807) is 12.1 Å². The van der Waals surface area contributed by atoms with Crippen molar-refractivity contribution in [2.75, 3.05) is 39.3 Å². The second-order valence-electron chi connectivity index (χ2n) is 5.90. The van der Waals surface area contributed by atoms with Crippen molar-refractivity contribution in [3.05, 3.63) is 47.2 Å². The molecule has 26 heavy (non-hydrogen) atoms. The van der Waals surface area contributed by atoms with Gasteiger partial charge in [0.25, 0.3) is 5.91 Å². The molecular weight excluding hydrogens is 334 g/mol. The van der Waals surface area contributed by atoms with Crippen molar-refractivity contribution in [3.63, 3.8) is 0 Å². The number of nitriles is 1. The van der Waals surface area contributed by atoms with Crippen LogP contribution in [0, 0.1) is 11.3 Å². The normalized spacial score (nSPS) is 15.1. The van der Waals surface area contributed by atoms with Gasteiger partial charge in [0, 0.05) is 52.0 Å². The van der Waals surface area contributed by atoms with Crippen LogP contribution < -0.4 is 16.0 Å². The van der Waals surface area contributed by atoms with E-state index in [9.17, 15) is 9.59 Å². The number of aromatic carboxylic acids is 1. The first-order chi connectivity index (χ1) is 12.6. The summed E-state index contributed by atoms with van der Waals surface area (Å²) in [6.45, 7) is 5.46. The van der Waals surface area contributed by atoms with Crippen LogP contribution in [-0.2, 0) is 11.3 Å². The first-order valence-electron chi connectivity index (χ1n) is 8.47. The molecule has 1 aliphatic heterocycles. The molecule has 1 saturated heterocycles. The number of hydrogen-bond acceptors (Lipinski definition) is 6. The van der Waals surface area contributed by atoms with Gasteiger partial charge in [-0.3, -0.25) is 9.69 Å². The van der Waals surface area contributed by atoms with Gasteiger partial charge in [-0.05, 0) is 17.7 Å². The van der Waals surface area contributed by atoms with Gasteiger partial charge < -0.3 is 21.1 Å². The molecule has 1 aromatic carbocycles. The van der Waals surface area contributed by atoms with E-state index in [-0.39, 0.29) is 11.1 Å². The lowest BCUT2D eigenvalue weighted by atomic mass is 10.1. The zero-order valence-corrected chi connectivity index (χ0v) is 14.5. The fraction of sp³-hybridized carbons (Fsp3) is 0.389. The van der Waals surface area contributed by atoms with Crippen molar-refractivity contribution in [3.8, 4) is 6.07 Å². The fourth-order valence-electron chi connectivity index (χ4n) is 2.54. The quantitative estimate of drug-likeness (QED) is 0.379. The van der Waals surface area contributed by atoms with Crippen LogP contribution >= 0.6 is 0 Å². The van der Waals surface area contributed by atoms with Gasteiger partial charge in [-0.15, -0.1) is 0 Å². The van der Waals surface area contributed by atoms with Gasteiger partial charge in [-0.2, -0.15) is 5.26 Å². The Hall–Kier alpha value is -2.89. The molecule has 138 valence electrons. The molecule has 8 nitrogen and oxygen atoms in total. The summed E-state index contributed by atoms with van der Waals surface area (Å²) >= 11 is 0. The maximum absolute atomic E-state index is 12.0. The number of piperazine rings is 1. The second-order valence-corrected chi connectivity index (χ2v) is 5.90. The first kappa shape index (κ1) is 19.4. The van der Waals surface area contributed by atoms with Crippen LogP contribution in [0.4, 0.5) is 0 Å². The molecule has 4 N–H and O–H groups in total. The summed E-state index contributed by atoms with van der Waals surface area (Å²) in [4.78, 5) is 25.1. The van der Waals surface area contributed by atoms with Gasteiger partial charge in [0.2, 0.25) is 0 Å². The Kier molecular flexibility index (Phi) is 7.61. The minimum atomic E-state index is -0.978. The van der Waals surface area contributed by atoms with Crippen molar-refractivity contribution in [1.82, 2.24) is 20.9 Å². The number of amides is 1. The summed E-state index contributed by atoms with van der Waals surface area (Å²) in [5.41, 5.74) is 1.07. The molecule has 8 heteroatoms. The van der Waals surface area contributed by atoms with Crippen LogP contribution in [0.3, 0.4) is 0 Å². The Morgan fingerprint density at radius 3 is 2.58 bits per heavy atom. The smallest absolute Gasteiger partial charge is 0.335 e. The highest BCUT2D eigenvalue weighted by Gasteiger charge is 2.11. The monoisotopic (exact) mass is 357 g/mol. The molecule has 1 fully saturated rings. The van der Waals surface area contributed by atoms with E-state index in [0.717, 1.165) is 38.3 Å². The Balaban J connectivity index is 1.76. The van der Waals surface area contributed by atoms with Crippen molar-refractivity contribution in [1.29, 1.82) is 5.26 Å². The summed E-state index contributed by atoms with van der Waals surface area (Å²) in [7, 11) is 0. The molecule has 0 saturated carbocycles. The molecular formula is C18H23N5O3. The van der Waals surface area contributed by atoms with Crippen LogP contribution in [0.15, 0.2) is 36.0 Å². The van der Waals surface area contributed by atoms with E-state index in [0.29, 0.717) is 13.1 Å².